The highest BCUT2D eigenvalue weighted by Crippen LogP contribution is 2.33. The fraction of sp³-hybridized carbons (Fsp3) is 0.348. The Morgan fingerprint density at radius 2 is 1.80 bits per heavy atom. The summed E-state index contributed by atoms with van der Waals surface area (Å²) >= 11 is 0. The number of hydrogen-bond acceptors (Lipinski definition) is 4. The topological polar surface area (TPSA) is 50.5 Å². The molecule has 3 aromatic rings. The van der Waals surface area contributed by atoms with Gasteiger partial charge in [-0.2, -0.15) is 5.10 Å². The van der Waals surface area contributed by atoms with Gasteiger partial charge in [0.25, 0.3) is 0 Å². The largest absolute Gasteiger partial charge is 0.435 e. The van der Waals surface area contributed by atoms with Gasteiger partial charge in [0.1, 0.15) is 5.82 Å². The minimum absolute atomic E-state index is 0.0821. The van der Waals surface area contributed by atoms with Gasteiger partial charge >= 0.3 is 0 Å². The van der Waals surface area contributed by atoms with E-state index in [9.17, 15) is 13.9 Å². The van der Waals surface area contributed by atoms with Gasteiger partial charge in [0, 0.05) is 25.2 Å². The van der Waals surface area contributed by atoms with Crippen molar-refractivity contribution in [2.75, 3.05) is 6.54 Å². The summed E-state index contributed by atoms with van der Waals surface area (Å²) < 4.78 is 35.3. The lowest BCUT2D eigenvalue weighted by molar-refractivity contribution is 0.102. The summed E-state index contributed by atoms with van der Waals surface area (Å²) in [7, 11) is 0. The molecule has 0 spiro atoms. The number of benzene rings is 2. The van der Waals surface area contributed by atoms with Crippen LogP contribution in [-0.2, 0) is 6.54 Å². The van der Waals surface area contributed by atoms with Gasteiger partial charge in [0.2, 0.25) is 5.88 Å². The van der Waals surface area contributed by atoms with Crippen LogP contribution < -0.4 is 4.74 Å². The van der Waals surface area contributed by atoms with Crippen molar-refractivity contribution in [1.29, 1.82) is 0 Å². The smallest absolute Gasteiger partial charge is 0.227 e. The van der Waals surface area contributed by atoms with E-state index < -0.39 is 17.7 Å². The maximum absolute atomic E-state index is 14.3. The summed E-state index contributed by atoms with van der Waals surface area (Å²) in [6.07, 6.45) is -0.504. The standard InChI is InChI=1S/C23H27F2N3O2/c1-15(2)27(13-16(3)29)14-20-17(4)26-28(19-8-6-5-7-9-19)23(20)30-22-11-10-18(24)12-21(22)25/h5-12,15-16,29H,13-14H2,1-4H3. The molecule has 0 fully saturated rings. The molecule has 0 aliphatic rings. The van der Waals surface area contributed by atoms with Crippen molar-refractivity contribution < 1.29 is 18.6 Å². The Balaban J connectivity index is 2.08. The second-order valence-corrected chi connectivity index (χ2v) is 7.67. The summed E-state index contributed by atoms with van der Waals surface area (Å²) in [5, 5.41) is 14.5. The minimum atomic E-state index is -0.788. The Labute approximate surface area is 175 Å². The number of aliphatic hydroxyl groups is 1. The molecule has 5 nitrogen and oxygen atoms in total. The lowest BCUT2D eigenvalue weighted by Crippen LogP contribution is -2.36. The molecule has 1 aromatic heterocycles. The molecule has 1 atom stereocenters. The number of aromatic nitrogens is 2. The highest BCUT2D eigenvalue weighted by atomic mass is 19.1. The van der Waals surface area contributed by atoms with Crippen molar-refractivity contribution in [2.45, 2.75) is 46.4 Å². The maximum atomic E-state index is 14.3. The lowest BCUT2D eigenvalue weighted by Gasteiger charge is -2.28. The normalized spacial score (nSPS) is 12.6. The number of rotatable bonds is 8. The van der Waals surface area contributed by atoms with E-state index in [2.05, 4.69) is 10.00 Å². The molecular weight excluding hydrogens is 388 g/mol. The predicted octanol–water partition coefficient (Wildman–Crippen LogP) is 4.84. The first-order chi connectivity index (χ1) is 14.3. The predicted molar refractivity (Wildman–Crippen MR) is 112 cm³/mol. The van der Waals surface area contributed by atoms with Gasteiger partial charge in [-0.3, -0.25) is 4.90 Å². The van der Waals surface area contributed by atoms with E-state index in [4.69, 9.17) is 4.74 Å². The third-order valence-electron chi connectivity index (χ3n) is 4.83. The first-order valence-electron chi connectivity index (χ1n) is 9.95. The van der Waals surface area contributed by atoms with Crippen molar-refractivity contribution in [1.82, 2.24) is 14.7 Å². The molecule has 2 aromatic carbocycles. The number of aliphatic hydroxyl groups excluding tert-OH is 1. The first kappa shape index (κ1) is 21.9. The van der Waals surface area contributed by atoms with Gasteiger partial charge in [-0.25, -0.2) is 13.5 Å². The molecule has 0 saturated carbocycles. The van der Waals surface area contributed by atoms with Crippen LogP contribution >= 0.6 is 0 Å². The number of para-hydroxylation sites is 1. The molecule has 1 unspecified atom stereocenters. The van der Waals surface area contributed by atoms with Gasteiger partial charge in [0.15, 0.2) is 11.6 Å². The molecule has 7 heteroatoms. The van der Waals surface area contributed by atoms with E-state index in [0.29, 0.717) is 19.0 Å². The summed E-state index contributed by atoms with van der Waals surface area (Å²) in [4.78, 5) is 2.10. The van der Waals surface area contributed by atoms with E-state index in [0.717, 1.165) is 29.1 Å². The Bertz CT molecular complexity index is 988. The number of nitrogens with zero attached hydrogens (tertiary/aromatic N) is 3. The first-order valence-corrected chi connectivity index (χ1v) is 9.95. The van der Waals surface area contributed by atoms with Crippen LogP contribution in [0, 0.1) is 18.6 Å². The third-order valence-corrected chi connectivity index (χ3v) is 4.83. The van der Waals surface area contributed by atoms with Crippen LogP contribution in [0.4, 0.5) is 8.78 Å². The van der Waals surface area contributed by atoms with Crippen molar-refractivity contribution in [3.8, 4) is 17.3 Å². The molecule has 0 radical (unpaired) electrons. The van der Waals surface area contributed by atoms with Crippen LogP contribution in [0.3, 0.4) is 0 Å². The van der Waals surface area contributed by atoms with Gasteiger partial charge in [0.05, 0.1) is 23.0 Å². The number of aryl methyl sites for hydroxylation is 1. The van der Waals surface area contributed by atoms with Gasteiger partial charge in [-0.1, -0.05) is 18.2 Å². The lowest BCUT2D eigenvalue weighted by atomic mass is 10.2. The SMILES string of the molecule is Cc1nn(-c2ccccc2)c(Oc2ccc(F)cc2F)c1CN(CC(C)O)C(C)C. The third kappa shape index (κ3) is 5.04. The molecular formula is C23H27F2N3O2. The second-order valence-electron chi connectivity index (χ2n) is 7.67. The summed E-state index contributed by atoms with van der Waals surface area (Å²) in [6.45, 7) is 8.61. The summed E-state index contributed by atoms with van der Waals surface area (Å²) in [5.41, 5.74) is 2.26. The zero-order valence-electron chi connectivity index (χ0n) is 17.6. The quantitative estimate of drug-likeness (QED) is 0.572. The molecule has 1 heterocycles. The average Bonchev–Trinajstić information content (AvgIpc) is 2.99. The molecule has 30 heavy (non-hydrogen) atoms. The van der Waals surface area contributed by atoms with Gasteiger partial charge in [-0.15, -0.1) is 0 Å². The maximum Gasteiger partial charge on any atom is 0.227 e. The van der Waals surface area contributed by atoms with E-state index in [1.807, 2.05) is 51.1 Å². The van der Waals surface area contributed by atoms with Gasteiger partial charge in [-0.05, 0) is 52.0 Å². The molecule has 0 aliphatic heterocycles. The minimum Gasteiger partial charge on any atom is -0.435 e. The monoisotopic (exact) mass is 415 g/mol. The van der Waals surface area contributed by atoms with Crippen molar-refractivity contribution in [3.63, 3.8) is 0 Å². The van der Waals surface area contributed by atoms with Crippen LogP contribution in [-0.4, -0.2) is 38.5 Å². The van der Waals surface area contributed by atoms with Crippen molar-refractivity contribution in [2.24, 2.45) is 0 Å². The molecule has 0 amide bonds. The zero-order valence-corrected chi connectivity index (χ0v) is 17.6. The Hall–Kier alpha value is -2.77. The second kappa shape index (κ2) is 9.36. The van der Waals surface area contributed by atoms with Crippen LogP contribution in [0.2, 0.25) is 0 Å². The molecule has 160 valence electrons. The molecule has 0 aliphatic carbocycles. The van der Waals surface area contributed by atoms with Crippen LogP contribution in [0.15, 0.2) is 48.5 Å². The molecule has 1 N–H and O–H groups in total. The Kier molecular flexibility index (Phi) is 6.84. The fourth-order valence-corrected chi connectivity index (χ4v) is 3.23. The number of ether oxygens (including phenoxy) is 1. The Morgan fingerprint density at radius 3 is 2.40 bits per heavy atom. The van der Waals surface area contributed by atoms with Crippen molar-refractivity contribution in [3.05, 3.63) is 71.4 Å². The molecule has 3 rings (SSSR count). The molecule has 0 saturated heterocycles. The van der Waals surface area contributed by atoms with Crippen LogP contribution in [0.25, 0.3) is 5.69 Å². The highest BCUT2D eigenvalue weighted by molar-refractivity contribution is 5.43. The highest BCUT2D eigenvalue weighted by Gasteiger charge is 2.24. The number of halogens is 2. The average molecular weight is 415 g/mol. The fourth-order valence-electron chi connectivity index (χ4n) is 3.23. The number of hydrogen-bond donors (Lipinski definition) is 1. The van der Waals surface area contributed by atoms with Crippen LogP contribution in [0.5, 0.6) is 11.6 Å². The van der Waals surface area contributed by atoms with Crippen LogP contribution in [0.1, 0.15) is 32.0 Å². The summed E-state index contributed by atoms with van der Waals surface area (Å²) in [5.74, 6) is -1.18. The van der Waals surface area contributed by atoms with Crippen molar-refractivity contribution >= 4 is 0 Å². The van der Waals surface area contributed by atoms with E-state index in [1.165, 1.54) is 6.07 Å². The zero-order chi connectivity index (χ0) is 21.8. The Morgan fingerprint density at radius 1 is 1.10 bits per heavy atom. The van der Waals surface area contributed by atoms with Gasteiger partial charge < -0.3 is 9.84 Å². The van der Waals surface area contributed by atoms with E-state index in [1.54, 1.807) is 11.6 Å². The van der Waals surface area contributed by atoms with E-state index in [-0.39, 0.29) is 11.8 Å². The van der Waals surface area contributed by atoms with E-state index >= 15 is 0 Å². The molecule has 0 bridgehead atoms. The summed E-state index contributed by atoms with van der Waals surface area (Å²) in [6, 6.07) is 12.8.